The molecule has 0 saturated heterocycles. The molecule has 0 amide bonds. The van der Waals surface area contributed by atoms with E-state index in [2.05, 4.69) is 157 Å². The summed E-state index contributed by atoms with van der Waals surface area (Å²) in [4.78, 5) is 10.1. The van der Waals surface area contributed by atoms with E-state index in [1.807, 2.05) is 23.6 Å². The van der Waals surface area contributed by atoms with Crippen LogP contribution in [0.5, 0.6) is 11.5 Å². The molecule has 0 aliphatic carbocycles. The predicted molar refractivity (Wildman–Crippen MR) is 218 cm³/mol. The first-order valence-corrected chi connectivity index (χ1v) is 18.5. The minimum absolute atomic E-state index is 0.0252. The first-order valence-electron chi connectivity index (χ1n) is 17.7. The van der Waals surface area contributed by atoms with Gasteiger partial charge >= 0.3 is 0 Å². The van der Waals surface area contributed by atoms with Gasteiger partial charge in [0.05, 0.1) is 27.6 Å². The second-order valence-corrected chi connectivity index (χ2v) is 15.8. The topological polar surface area (TPSA) is 44.4 Å². The van der Waals surface area contributed by atoms with Crippen molar-refractivity contribution in [2.24, 2.45) is 0 Å². The van der Waals surface area contributed by atoms with E-state index in [4.69, 9.17) is 14.7 Å². The van der Waals surface area contributed by atoms with Crippen LogP contribution in [-0.4, -0.2) is 18.9 Å². The van der Waals surface area contributed by atoms with E-state index in [1.165, 1.54) is 47.4 Å². The van der Waals surface area contributed by atoms with E-state index in [-0.39, 0.29) is 5.41 Å². The first-order chi connectivity index (χ1) is 25.4. The molecule has 0 radical (unpaired) electrons. The van der Waals surface area contributed by atoms with Crippen molar-refractivity contribution in [3.05, 3.63) is 145 Å². The Bertz CT molecular complexity index is 3270. The zero-order valence-electron chi connectivity index (χ0n) is 28.9. The molecule has 0 bridgehead atoms. The Morgan fingerprint density at radius 2 is 1.29 bits per heavy atom. The van der Waals surface area contributed by atoms with Gasteiger partial charge in [-0.2, -0.15) is 0 Å². The number of fused-ring (bicyclic) bond motifs is 15. The lowest BCUT2D eigenvalue weighted by atomic mass is 9.88. The van der Waals surface area contributed by atoms with Gasteiger partial charge in [-0.25, -0.2) is 9.97 Å². The third-order valence-electron chi connectivity index (χ3n) is 10.5. The molecule has 0 aliphatic heterocycles. The summed E-state index contributed by atoms with van der Waals surface area (Å²) < 4.78 is 13.9. The molecular formula is C46H32N4OS. The quantitative estimate of drug-likeness (QED) is 0.174. The molecule has 11 rings (SSSR count). The average Bonchev–Trinajstić information content (AvgIpc) is 3.84. The molecule has 0 unspecified atom stereocenters. The van der Waals surface area contributed by atoms with Crippen LogP contribution >= 0.6 is 11.3 Å². The molecule has 0 N–H and O–H groups in total. The van der Waals surface area contributed by atoms with Crippen LogP contribution < -0.4 is 4.74 Å². The minimum Gasteiger partial charge on any atom is -0.457 e. The molecule has 5 heterocycles. The van der Waals surface area contributed by atoms with Crippen molar-refractivity contribution in [2.75, 3.05) is 0 Å². The number of hydrogen-bond donors (Lipinski definition) is 0. The van der Waals surface area contributed by atoms with Crippen molar-refractivity contribution < 1.29 is 4.74 Å². The van der Waals surface area contributed by atoms with Gasteiger partial charge in [0.1, 0.15) is 23.0 Å². The van der Waals surface area contributed by atoms with Gasteiger partial charge in [-0.05, 0) is 89.2 Å². The highest BCUT2D eigenvalue weighted by Gasteiger charge is 2.22. The van der Waals surface area contributed by atoms with Gasteiger partial charge in [-0.15, -0.1) is 11.3 Å². The van der Waals surface area contributed by atoms with Crippen LogP contribution in [0.25, 0.3) is 86.2 Å². The van der Waals surface area contributed by atoms with Crippen molar-refractivity contribution >= 4 is 91.7 Å². The van der Waals surface area contributed by atoms with Gasteiger partial charge in [-0.1, -0.05) is 75.4 Å². The van der Waals surface area contributed by atoms with Gasteiger partial charge in [0.25, 0.3) is 0 Å². The summed E-state index contributed by atoms with van der Waals surface area (Å²) in [5.41, 5.74) is 7.58. The average molecular weight is 689 g/mol. The fourth-order valence-electron chi connectivity index (χ4n) is 8.09. The zero-order chi connectivity index (χ0) is 34.7. The number of hydrogen-bond acceptors (Lipinski definition) is 4. The van der Waals surface area contributed by atoms with E-state index in [0.717, 1.165) is 55.8 Å². The number of pyridine rings is 2. The Morgan fingerprint density at radius 1 is 0.577 bits per heavy atom. The predicted octanol–water partition coefficient (Wildman–Crippen LogP) is 12.7. The Morgan fingerprint density at radius 3 is 2.15 bits per heavy atom. The Hall–Kier alpha value is -6.24. The van der Waals surface area contributed by atoms with E-state index in [0.29, 0.717) is 0 Å². The van der Waals surface area contributed by atoms with Crippen LogP contribution in [0.2, 0.25) is 0 Å². The van der Waals surface area contributed by atoms with E-state index < -0.39 is 0 Å². The fourth-order valence-corrected chi connectivity index (χ4v) is 9.20. The molecular weight excluding hydrogens is 657 g/mol. The van der Waals surface area contributed by atoms with Crippen LogP contribution in [-0.2, 0) is 5.41 Å². The van der Waals surface area contributed by atoms with E-state index in [9.17, 15) is 0 Å². The molecule has 248 valence electrons. The summed E-state index contributed by atoms with van der Waals surface area (Å²) in [5.74, 6) is 2.43. The van der Waals surface area contributed by atoms with Crippen LogP contribution in [0, 0.1) is 0 Å². The van der Waals surface area contributed by atoms with Gasteiger partial charge in [0, 0.05) is 54.0 Å². The standard InChI is InChI=1S/C46H32N4OS/c1-46(2,3)27-22-23-47-42(24-27)50-39-26-29(17-19-32(39)33-20-21-41-43(44(33)50)34-11-5-9-15-40(34)52-41)51-28-16-18-30-31-10-4-7-13-37(31)49-38-14-8-6-12-36(38)48-45(49)35(30)25-28/h4-26H,1-3H3. The lowest BCUT2D eigenvalue weighted by molar-refractivity contribution is 0.484. The summed E-state index contributed by atoms with van der Waals surface area (Å²) in [6.07, 6.45) is 1.94. The molecule has 52 heavy (non-hydrogen) atoms. The smallest absolute Gasteiger partial charge is 0.146 e. The number of thiophene rings is 1. The van der Waals surface area contributed by atoms with Gasteiger partial charge < -0.3 is 4.74 Å². The molecule has 0 aliphatic rings. The van der Waals surface area contributed by atoms with Gasteiger partial charge in [0.15, 0.2) is 0 Å². The molecule has 5 nitrogen and oxygen atoms in total. The number of para-hydroxylation sites is 3. The number of rotatable bonds is 3. The third kappa shape index (κ3) is 4.22. The number of aromatic nitrogens is 4. The van der Waals surface area contributed by atoms with E-state index >= 15 is 0 Å². The van der Waals surface area contributed by atoms with Crippen molar-refractivity contribution in [2.45, 2.75) is 26.2 Å². The van der Waals surface area contributed by atoms with Crippen LogP contribution in [0.1, 0.15) is 26.3 Å². The molecule has 0 fully saturated rings. The number of imidazole rings is 1. The second kappa shape index (κ2) is 10.6. The van der Waals surface area contributed by atoms with Crippen LogP contribution in [0.3, 0.4) is 0 Å². The molecule has 6 heteroatoms. The normalized spacial score (nSPS) is 12.5. The Labute approximate surface area is 303 Å². The van der Waals surface area contributed by atoms with E-state index in [1.54, 1.807) is 0 Å². The molecule has 0 spiro atoms. The maximum atomic E-state index is 6.77. The maximum absolute atomic E-state index is 6.77. The number of benzene rings is 6. The lowest BCUT2D eigenvalue weighted by Gasteiger charge is -2.20. The first kappa shape index (κ1) is 29.5. The fraction of sp³-hybridized carbons (Fsp3) is 0.0870. The summed E-state index contributed by atoms with van der Waals surface area (Å²) in [6, 6.07) is 47.4. The molecule has 0 atom stereocenters. The Kier molecular flexibility index (Phi) is 6.03. The van der Waals surface area contributed by atoms with Crippen LogP contribution in [0.15, 0.2) is 140 Å². The van der Waals surface area contributed by atoms with Gasteiger partial charge in [0.2, 0.25) is 0 Å². The SMILES string of the molecule is CC(C)(C)c1ccnc(-n2c3cc(Oc4ccc5c6ccccc6n6c7ccccc7nc6c5c4)ccc3c3ccc4sc5ccccc5c4c32)c1. The summed E-state index contributed by atoms with van der Waals surface area (Å²) in [7, 11) is 0. The monoisotopic (exact) mass is 688 g/mol. The highest BCUT2D eigenvalue weighted by molar-refractivity contribution is 7.26. The number of ether oxygens (including phenoxy) is 1. The summed E-state index contributed by atoms with van der Waals surface area (Å²) >= 11 is 1.84. The highest BCUT2D eigenvalue weighted by Crippen LogP contribution is 2.44. The Balaban J connectivity index is 1.15. The highest BCUT2D eigenvalue weighted by atomic mass is 32.1. The lowest BCUT2D eigenvalue weighted by Crippen LogP contribution is -2.12. The summed E-state index contributed by atoms with van der Waals surface area (Å²) in [6.45, 7) is 6.75. The largest absolute Gasteiger partial charge is 0.457 e. The van der Waals surface area contributed by atoms with Crippen molar-refractivity contribution in [3.8, 4) is 17.3 Å². The zero-order valence-corrected chi connectivity index (χ0v) is 29.7. The van der Waals surface area contributed by atoms with Crippen molar-refractivity contribution in [1.82, 2.24) is 18.9 Å². The second-order valence-electron chi connectivity index (χ2n) is 14.7. The number of nitrogens with zero attached hydrogens (tertiary/aromatic N) is 4. The van der Waals surface area contributed by atoms with Crippen molar-refractivity contribution in [1.29, 1.82) is 0 Å². The summed E-state index contributed by atoms with van der Waals surface area (Å²) in [5, 5.41) is 8.28. The van der Waals surface area contributed by atoms with Crippen LogP contribution in [0.4, 0.5) is 0 Å². The molecule has 5 aromatic heterocycles. The van der Waals surface area contributed by atoms with Gasteiger partial charge in [-0.3, -0.25) is 8.97 Å². The third-order valence-corrected chi connectivity index (χ3v) is 11.7. The maximum Gasteiger partial charge on any atom is 0.146 e. The van der Waals surface area contributed by atoms with Crippen molar-refractivity contribution in [3.63, 3.8) is 0 Å². The molecule has 6 aromatic carbocycles. The minimum atomic E-state index is -0.0252. The molecule has 11 aromatic rings. The molecule has 0 saturated carbocycles.